The van der Waals surface area contributed by atoms with Gasteiger partial charge in [-0.2, -0.15) is 0 Å². The molecule has 3 rings (SSSR count). The van der Waals surface area contributed by atoms with E-state index in [-0.39, 0.29) is 23.6 Å². The van der Waals surface area contributed by atoms with Crippen molar-refractivity contribution in [1.82, 2.24) is 21.2 Å². The first-order valence-electron chi connectivity index (χ1n) is 10.9. The molecular weight excluding hydrogens is 523 g/mol. The summed E-state index contributed by atoms with van der Waals surface area (Å²) in [4.78, 5) is 51.6. The van der Waals surface area contributed by atoms with Gasteiger partial charge in [0, 0.05) is 23.7 Å². The molecular formula is C25H22Cl2N4O6. The maximum Gasteiger partial charge on any atom is 0.332 e. The first-order valence-corrected chi connectivity index (χ1v) is 11.7. The third-order valence-corrected chi connectivity index (χ3v) is 5.67. The molecule has 3 aromatic rings. The van der Waals surface area contributed by atoms with Gasteiger partial charge in [0.25, 0.3) is 5.91 Å². The molecule has 0 saturated heterocycles. The maximum atomic E-state index is 12.4. The predicted octanol–water partition coefficient (Wildman–Crippen LogP) is 2.38. The SMILES string of the molecule is O=C(NNC(=O)c1ccc(Cl)nc1)C(=O)NC(Cc1ccc(-c2cccc(Cl)c2)cc1)C[C@@H](O)C(=O)O. The zero-order valence-corrected chi connectivity index (χ0v) is 20.7. The minimum absolute atomic E-state index is 0.0915. The van der Waals surface area contributed by atoms with Crippen LogP contribution >= 0.6 is 23.2 Å². The van der Waals surface area contributed by atoms with Gasteiger partial charge in [-0.3, -0.25) is 25.2 Å². The average molecular weight is 545 g/mol. The number of carboxylic acids is 1. The number of carbonyl (C=O) groups excluding carboxylic acids is 3. The number of hydrogen-bond donors (Lipinski definition) is 5. The van der Waals surface area contributed by atoms with Crippen LogP contribution in [-0.2, 0) is 20.8 Å². The molecule has 0 bridgehead atoms. The van der Waals surface area contributed by atoms with Crippen LogP contribution in [0.25, 0.3) is 11.1 Å². The maximum absolute atomic E-state index is 12.4. The number of aliphatic carboxylic acids is 1. The van der Waals surface area contributed by atoms with Crippen LogP contribution in [0.15, 0.2) is 66.9 Å². The smallest absolute Gasteiger partial charge is 0.332 e. The van der Waals surface area contributed by atoms with E-state index in [0.717, 1.165) is 16.7 Å². The quantitative estimate of drug-likeness (QED) is 0.165. The molecule has 1 aromatic heterocycles. The van der Waals surface area contributed by atoms with E-state index in [9.17, 15) is 24.3 Å². The molecule has 192 valence electrons. The van der Waals surface area contributed by atoms with E-state index in [0.29, 0.717) is 5.02 Å². The van der Waals surface area contributed by atoms with Crippen molar-refractivity contribution in [1.29, 1.82) is 0 Å². The van der Waals surface area contributed by atoms with Crippen LogP contribution in [0.4, 0.5) is 0 Å². The Morgan fingerprint density at radius 1 is 0.892 bits per heavy atom. The first kappa shape index (κ1) is 27.6. The van der Waals surface area contributed by atoms with Gasteiger partial charge >= 0.3 is 17.8 Å². The molecule has 2 aromatic carbocycles. The van der Waals surface area contributed by atoms with Crippen molar-refractivity contribution in [2.45, 2.75) is 25.0 Å². The predicted molar refractivity (Wildman–Crippen MR) is 136 cm³/mol. The summed E-state index contributed by atoms with van der Waals surface area (Å²) < 4.78 is 0. The summed E-state index contributed by atoms with van der Waals surface area (Å²) >= 11 is 11.7. The van der Waals surface area contributed by atoms with E-state index in [4.69, 9.17) is 28.3 Å². The first-order chi connectivity index (χ1) is 17.6. The molecule has 0 aliphatic carbocycles. The van der Waals surface area contributed by atoms with E-state index in [1.165, 1.54) is 18.3 Å². The summed E-state index contributed by atoms with van der Waals surface area (Å²) in [5.74, 6) is -4.53. The Hall–Kier alpha value is -3.99. The van der Waals surface area contributed by atoms with Crippen molar-refractivity contribution in [3.8, 4) is 11.1 Å². The Bertz CT molecular complexity index is 1290. The number of rotatable bonds is 8. The lowest BCUT2D eigenvalue weighted by molar-refractivity contribution is -0.147. The van der Waals surface area contributed by atoms with Gasteiger partial charge in [0.2, 0.25) is 0 Å². The Morgan fingerprint density at radius 3 is 2.24 bits per heavy atom. The second kappa shape index (κ2) is 12.8. The van der Waals surface area contributed by atoms with Crippen LogP contribution in [0.2, 0.25) is 10.2 Å². The number of nitrogens with one attached hydrogen (secondary N) is 3. The van der Waals surface area contributed by atoms with Crippen molar-refractivity contribution < 1.29 is 29.4 Å². The van der Waals surface area contributed by atoms with E-state index in [1.807, 2.05) is 35.8 Å². The van der Waals surface area contributed by atoms with Gasteiger partial charge in [-0.05, 0) is 47.4 Å². The highest BCUT2D eigenvalue weighted by atomic mass is 35.5. The third-order valence-electron chi connectivity index (χ3n) is 5.21. The third kappa shape index (κ3) is 8.28. The minimum Gasteiger partial charge on any atom is -0.479 e. The number of benzene rings is 2. The summed E-state index contributed by atoms with van der Waals surface area (Å²) in [6.07, 6.45) is -0.809. The van der Waals surface area contributed by atoms with Gasteiger partial charge < -0.3 is 15.5 Å². The van der Waals surface area contributed by atoms with E-state index in [2.05, 4.69) is 15.7 Å². The number of halogens is 2. The largest absolute Gasteiger partial charge is 0.479 e. The fourth-order valence-electron chi connectivity index (χ4n) is 3.35. The van der Waals surface area contributed by atoms with Crippen LogP contribution < -0.4 is 16.2 Å². The molecule has 0 fully saturated rings. The summed E-state index contributed by atoms with van der Waals surface area (Å²) in [7, 11) is 0. The lowest BCUT2D eigenvalue weighted by Crippen LogP contribution is -2.51. The van der Waals surface area contributed by atoms with E-state index < -0.39 is 35.8 Å². The second-order valence-corrected chi connectivity index (χ2v) is 8.77. The molecule has 0 saturated carbocycles. The average Bonchev–Trinajstić information content (AvgIpc) is 2.87. The van der Waals surface area contributed by atoms with Gasteiger partial charge in [0.1, 0.15) is 5.15 Å². The zero-order valence-electron chi connectivity index (χ0n) is 19.2. The second-order valence-electron chi connectivity index (χ2n) is 7.95. The molecule has 1 heterocycles. The molecule has 5 N–H and O–H groups in total. The van der Waals surface area contributed by atoms with Crippen LogP contribution in [0.3, 0.4) is 0 Å². The van der Waals surface area contributed by atoms with E-state index >= 15 is 0 Å². The zero-order chi connectivity index (χ0) is 26.9. The van der Waals surface area contributed by atoms with Crippen molar-refractivity contribution in [3.05, 3.63) is 88.2 Å². The fourth-order valence-corrected chi connectivity index (χ4v) is 3.66. The van der Waals surface area contributed by atoms with Crippen LogP contribution in [-0.4, -0.2) is 51.0 Å². The van der Waals surface area contributed by atoms with Gasteiger partial charge in [-0.25, -0.2) is 9.78 Å². The Kier molecular flexibility index (Phi) is 9.56. The molecule has 12 heteroatoms. The number of carbonyl (C=O) groups is 4. The Morgan fingerprint density at radius 2 is 1.62 bits per heavy atom. The number of pyridine rings is 1. The summed E-state index contributed by atoms with van der Waals surface area (Å²) in [6.45, 7) is 0. The molecule has 1 unspecified atom stereocenters. The topological polar surface area (TPSA) is 158 Å². The van der Waals surface area contributed by atoms with Gasteiger partial charge in [0.05, 0.1) is 5.56 Å². The number of carboxylic acid groups (broad SMARTS) is 1. The highest BCUT2D eigenvalue weighted by molar-refractivity contribution is 6.35. The monoisotopic (exact) mass is 544 g/mol. The van der Waals surface area contributed by atoms with Gasteiger partial charge in [-0.1, -0.05) is 59.6 Å². The van der Waals surface area contributed by atoms with Crippen LogP contribution in [0.5, 0.6) is 0 Å². The van der Waals surface area contributed by atoms with Crippen LogP contribution in [0.1, 0.15) is 22.3 Å². The Balaban J connectivity index is 1.63. The number of aromatic nitrogens is 1. The van der Waals surface area contributed by atoms with Crippen molar-refractivity contribution in [2.24, 2.45) is 0 Å². The molecule has 37 heavy (non-hydrogen) atoms. The Labute approximate surface area is 221 Å². The molecule has 0 aliphatic heterocycles. The van der Waals surface area contributed by atoms with Gasteiger partial charge in [0.15, 0.2) is 6.10 Å². The number of hydrogen-bond acceptors (Lipinski definition) is 6. The number of aliphatic hydroxyl groups is 1. The molecule has 10 nitrogen and oxygen atoms in total. The normalized spacial score (nSPS) is 12.2. The summed E-state index contributed by atoms with van der Waals surface area (Å²) in [5.41, 5.74) is 6.65. The summed E-state index contributed by atoms with van der Waals surface area (Å²) in [5, 5.41) is 22.1. The van der Waals surface area contributed by atoms with Gasteiger partial charge in [-0.15, -0.1) is 0 Å². The molecule has 2 atom stereocenters. The summed E-state index contributed by atoms with van der Waals surface area (Å²) in [6, 6.07) is 16.4. The molecule has 3 amide bonds. The lowest BCUT2D eigenvalue weighted by atomic mass is 9.98. The van der Waals surface area contributed by atoms with E-state index in [1.54, 1.807) is 18.2 Å². The highest BCUT2D eigenvalue weighted by Gasteiger charge is 2.25. The number of hydrazine groups is 1. The number of nitrogens with zero attached hydrogens (tertiary/aromatic N) is 1. The highest BCUT2D eigenvalue weighted by Crippen LogP contribution is 2.23. The van der Waals surface area contributed by atoms with Crippen molar-refractivity contribution in [3.63, 3.8) is 0 Å². The lowest BCUT2D eigenvalue weighted by Gasteiger charge is -2.20. The minimum atomic E-state index is -1.77. The molecule has 0 aliphatic rings. The number of aliphatic hydroxyl groups excluding tert-OH is 1. The van der Waals surface area contributed by atoms with Crippen LogP contribution in [0, 0.1) is 0 Å². The molecule has 0 radical (unpaired) electrons. The standard InChI is InChI=1S/C25H22Cl2N4O6/c26-18-3-1-2-16(11-18)15-6-4-14(5-7-15)10-19(12-20(32)25(36)37)29-23(34)24(35)31-30-22(33)17-8-9-21(27)28-13-17/h1-9,11,13,19-20,32H,10,12H2,(H,29,34)(H,30,33)(H,31,35)(H,36,37)/t19?,20-/m1/s1. The number of amides is 3. The van der Waals surface area contributed by atoms with Crippen molar-refractivity contribution in [2.75, 3.05) is 0 Å². The molecule has 0 spiro atoms. The fraction of sp³-hybridized carbons (Fsp3) is 0.160. The van der Waals surface area contributed by atoms with Crippen molar-refractivity contribution >= 4 is 46.9 Å².